The summed E-state index contributed by atoms with van der Waals surface area (Å²) in [6.07, 6.45) is 2.74. The number of aryl methyl sites for hydroxylation is 1. The normalized spacial score (nSPS) is 11.2. The number of nitrogens with zero attached hydrogens (tertiary/aromatic N) is 3. The first-order valence-corrected chi connectivity index (χ1v) is 10.7. The third kappa shape index (κ3) is 4.53. The van der Waals surface area contributed by atoms with Gasteiger partial charge in [-0.1, -0.05) is 41.9 Å². The molecule has 2 heterocycles. The summed E-state index contributed by atoms with van der Waals surface area (Å²) in [6, 6.07) is 19.1. The zero-order valence-corrected chi connectivity index (χ0v) is 19.1. The van der Waals surface area contributed by atoms with Crippen molar-refractivity contribution in [1.29, 1.82) is 5.26 Å². The molecule has 0 spiro atoms. The molecule has 0 bridgehead atoms. The van der Waals surface area contributed by atoms with Crippen LogP contribution in [0.1, 0.15) is 16.7 Å². The summed E-state index contributed by atoms with van der Waals surface area (Å²) < 4.78 is 7.36. The second-order valence-corrected chi connectivity index (χ2v) is 7.88. The molecule has 8 heteroatoms. The Morgan fingerprint density at radius 1 is 1.12 bits per heavy atom. The lowest BCUT2D eigenvalue weighted by Crippen LogP contribution is -2.20. The Morgan fingerprint density at radius 2 is 1.88 bits per heavy atom. The number of nitriles is 1. The predicted octanol–water partition coefficient (Wildman–Crippen LogP) is 5.30. The number of pyridine rings is 1. The van der Waals surface area contributed by atoms with Crippen LogP contribution >= 0.6 is 11.6 Å². The number of benzene rings is 2. The van der Waals surface area contributed by atoms with Crippen LogP contribution in [0.15, 0.2) is 77.2 Å². The number of fused-ring (bicyclic) bond motifs is 1. The highest BCUT2D eigenvalue weighted by Crippen LogP contribution is 2.28. The van der Waals surface area contributed by atoms with Gasteiger partial charge in [0, 0.05) is 6.20 Å². The minimum atomic E-state index is -0.717. The number of nitrogens with one attached hydrogen (secondary N) is 1. The lowest BCUT2D eigenvalue weighted by molar-refractivity contribution is -0.112. The maximum absolute atomic E-state index is 13.3. The Balaban J connectivity index is 1.84. The predicted molar refractivity (Wildman–Crippen MR) is 131 cm³/mol. The number of hydrogen-bond acceptors (Lipinski definition) is 5. The maximum Gasteiger partial charge on any atom is 0.269 e. The SMILES string of the molecule is Cc1cccc(Oc2nc3ccccn3c(=O)c2/C=C(/C#N)C(=O)Nc2ccccc2Cl)c1C. The van der Waals surface area contributed by atoms with Crippen LogP contribution in [0, 0.1) is 25.2 Å². The highest BCUT2D eigenvalue weighted by atomic mass is 35.5. The zero-order chi connectivity index (χ0) is 24.2. The van der Waals surface area contributed by atoms with Crippen molar-refractivity contribution in [3.05, 3.63) is 105 Å². The molecule has 34 heavy (non-hydrogen) atoms. The fourth-order valence-corrected chi connectivity index (χ4v) is 3.45. The fraction of sp³-hybridized carbons (Fsp3) is 0.0769. The van der Waals surface area contributed by atoms with E-state index in [0.717, 1.165) is 11.1 Å². The van der Waals surface area contributed by atoms with Crippen molar-refractivity contribution in [1.82, 2.24) is 9.38 Å². The summed E-state index contributed by atoms with van der Waals surface area (Å²) in [7, 11) is 0. The molecule has 0 saturated carbocycles. The van der Waals surface area contributed by atoms with Gasteiger partial charge in [-0.3, -0.25) is 14.0 Å². The van der Waals surface area contributed by atoms with Crippen LogP contribution in [0.5, 0.6) is 11.6 Å². The third-order valence-corrected chi connectivity index (χ3v) is 5.60. The molecule has 4 aromatic rings. The summed E-state index contributed by atoms with van der Waals surface area (Å²) in [6.45, 7) is 3.84. The highest BCUT2D eigenvalue weighted by molar-refractivity contribution is 6.34. The standard InChI is InChI=1S/C26H19ClN4O3/c1-16-8-7-11-22(17(16)2)34-25-19(26(33)31-13-6-5-12-23(31)30-25)14-18(15-28)24(32)29-21-10-4-3-9-20(21)27/h3-14H,1-2H3,(H,29,32)/b18-14-. The molecule has 0 fully saturated rings. The number of halogens is 1. The van der Waals surface area contributed by atoms with E-state index in [4.69, 9.17) is 16.3 Å². The molecule has 0 unspecified atom stereocenters. The topological polar surface area (TPSA) is 96.5 Å². The van der Waals surface area contributed by atoms with Crippen LogP contribution in [0.3, 0.4) is 0 Å². The van der Waals surface area contributed by atoms with E-state index < -0.39 is 11.5 Å². The van der Waals surface area contributed by atoms with E-state index in [1.54, 1.807) is 54.7 Å². The zero-order valence-electron chi connectivity index (χ0n) is 18.4. The Hall–Kier alpha value is -4.41. The molecular weight excluding hydrogens is 452 g/mol. The molecule has 0 aliphatic rings. The van der Waals surface area contributed by atoms with Crippen molar-refractivity contribution in [2.24, 2.45) is 0 Å². The molecule has 7 nitrogen and oxygen atoms in total. The molecule has 2 aromatic heterocycles. The van der Waals surface area contributed by atoms with E-state index in [9.17, 15) is 14.9 Å². The second kappa shape index (κ2) is 9.61. The van der Waals surface area contributed by atoms with Gasteiger partial charge >= 0.3 is 0 Å². The van der Waals surface area contributed by atoms with Crippen molar-refractivity contribution >= 4 is 34.9 Å². The Labute approximate surface area is 200 Å². The number of para-hydroxylation sites is 1. The van der Waals surface area contributed by atoms with Gasteiger partial charge in [0.15, 0.2) is 0 Å². The number of carbonyl (C=O) groups is 1. The van der Waals surface area contributed by atoms with Crippen LogP contribution in [-0.4, -0.2) is 15.3 Å². The summed E-state index contributed by atoms with van der Waals surface area (Å²) in [5.41, 5.74) is 1.77. The fourth-order valence-electron chi connectivity index (χ4n) is 3.27. The monoisotopic (exact) mass is 470 g/mol. The second-order valence-electron chi connectivity index (χ2n) is 7.47. The summed E-state index contributed by atoms with van der Waals surface area (Å²) in [5, 5.41) is 12.6. The summed E-state index contributed by atoms with van der Waals surface area (Å²) in [5.74, 6) is -0.213. The quantitative estimate of drug-likeness (QED) is 0.315. The average Bonchev–Trinajstić information content (AvgIpc) is 2.83. The van der Waals surface area contributed by atoms with Gasteiger partial charge in [-0.15, -0.1) is 0 Å². The molecule has 1 N–H and O–H groups in total. The number of rotatable bonds is 5. The van der Waals surface area contributed by atoms with E-state index in [1.165, 1.54) is 10.5 Å². The van der Waals surface area contributed by atoms with Gasteiger partial charge in [-0.05, 0) is 61.4 Å². The van der Waals surface area contributed by atoms with Crippen LogP contribution < -0.4 is 15.6 Å². The van der Waals surface area contributed by atoms with Gasteiger partial charge in [0.1, 0.15) is 28.6 Å². The van der Waals surface area contributed by atoms with Crippen molar-refractivity contribution in [3.63, 3.8) is 0 Å². The van der Waals surface area contributed by atoms with Gasteiger partial charge in [-0.25, -0.2) is 0 Å². The van der Waals surface area contributed by atoms with E-state index in [1.807, 2.05) is 32.0 Å². The molecule has 168 valence electrons. The van der Waals surface area contributed by atoms with Crippen LogP contribution in [-0.2, 0) is 4.79 Å². The number of hydrogen-bond donors (Lipinski definition) is 1. The third-order valence-electron chi connectivity index (χ3n) is 5.27. The number of aromatic nitrogens is 2. The number of anilines is 1. The van der Waals surface area contributed by atoms with Crippen molar-refractivity contribution in [3.8, 4) is 17.7 Å². The largest absolute Gasteiger partial charge is 0.438 e. The number of amides is 1. The molecule has 0 radical (unpaired) electrons. The van der Waals surface area contributed by atoms with E-state index in [2.05, 4.69) is 10.3 Å². The lowest BCUT2D eigenvalue weighted by Gasteiger charge is -2.13. The number of ether oxygens (including phenoxy) is 1. The maximum atomic E-state index is 13.3. The van der Waals surface area contributed by atoms with Crippen LogP contribution in [0.2, 0.25) is 5.02 Å². The molecular formula is C26H19ClN4O3. The van der Waals surface area contributed by atoms with Gasteiger partial charge in [-0.2, -0.15) is 10.2 Å². The summed E-state index contributed by atoms with van der Waals surface area (Å²) >= 11 is 6.11. The van der Waals surface area contributed by atoms with Crippen LogP contribution in [0.4, 0.5) is 5.69 Å². The Kier molecular flexibility index (Phi) is 6.44. The molecule has 0 aliphatic carbocycles. The Morgan fingerprint density at radius 3 is 2.65 bits per heavy atom. The minimum Gasteiger partial charge on any atom is -0.438 e. The first-order valence-electron chi connectivity index (χ1n) is 10.3. The van der Waals surface area contributed by atoms with Gasteiger partial charge in [0.25, 0.3) is 11.5 Å². The van der Waals surface area contributed by atoms with Gasteiger partial charge < -0.3 is 10.1 Å². The lowest BCUT2D eigenvalue weighted by atomic mass is 10.1. The number of carbonyl (C=O) groups excluding carboxylic acids is 1. The first-order chi connectivity index (χ1) is 16.4. The average molecular weight is 471 g/mol. The van der Waals surface area contributed by atoms with E-state index in [-0.39, 0.29) is 17.0 Å². The first kappa shape index (κ1) is 22.8. The van der Waals surface area contributed by atoms with Crippen molar-refractivity contribution in [2.75, 3.05) is 5.32 Å². The van der Waals surface area contributed by atoms with Gasteiger partial charge in [0.05, 0.1) is 10.7 Å². The van der Waals surface area contributed by atoms with E-state index in [0.29, 0.717) is 22.1 Å². The summed E-state index contributed by atoms with van der Waals surface area (Å²) in [4.78, 5) is 30.6. The smallest absolute Gasteiger partial charge is 0.269 e. The molecule has 1 amide bonds. The molecule has 2 aromatic carbocycles. The minimum absolute atomic E-state index is 0.0109. The highest BCUT2D eigenvalue weighted by Gasteiger charge is 2.18. The van der Waals surface area contributed by atoms with Gasteiger partial charge in [0.2, 0.25) is 5.88 Å². The van der Waals surface area contributed by atoms with Crippen molar-refractivity contribution in [2.45, 2.75) is 13.8 Å². The Bertz CT molecular complexity index is 1550. The van der Waals surface area contributed by atoms with Crippen LogP contribution in [0.25, 0.3) is 11.7 Å². The van der Waals surface area contributed by atoms with E-state index >= 15 is 0 Å². The molecule has 0 atom stereocenters. The molecule has 0 aliphatic heterocycles. The molecule has 0 saturated heterocycles. The van der Waals surface area contributed by atoms with Crippen molar-refractivity contribution < 1.29 is 9.53 Å². The molecule has 4 rings (SSSR count).